The van der Waals surface area contributed by atoms with Gasteiger partial charge in [0.2, 0.25) is 5.88 Å². The second-order valence-electron chi connectivity index (χ2n) is 8.83. The summed E-state index contributed by atoms with van der Waals surface area (Å²) in [5.41, 5.74) is 4.52. The van der Waals surface area contributed by atoms with E-state index in [9.17, 15) is 4.79 Å². The van der Waals surface area contributed by atoms with E-state index < -0.39 is 0 Å². The summed E-state index contributed by atoms with van der Waals surface area (Å²) in [6, 6.07) is 12.0. The summed E-state index contributed by atoms with van der Waals surface area (Å²) in [6.45, 7) is 3.72. The quantitative estimate of drug-likeness (QED) is 0.733. The number of rotatable bonds is 3. The molecule has 6 nitrogen and oxygen atoms in total. The first kappa shape index (κ1) is 21.2. The molecule has 4 heterocycles. The van der Waals surface area contributed by atoms with Gasteiger partial charge in [-0.3, -0.25) is 4.79 Å². The molecule has 3 atom stereocenters. The molecule has 0 saturated carbocycles. The molecule has 2 bridgehead atoms. The van der Waals surface area contributed by atoms with Crippen molar-refractivity contribution in [2.75, 3.05) is 19.8 Å². The van der Waals surface area contributed by atoms with Crippen LogP contribution in [0.1, 0.15) is 42.4 Å². The SMILES string of the molecule is Cc1ccnc2c1C1=CCC(CC1)OC[C@H]1[C@H](OCc3ccccc3)CCN1C(=O)CO2. The largest absolute Gasteiger partial charge is 0.467 e. The normalized spacial score (nSPS) is 25.7. The fraction of sp³-hybridized carbons (Fsp3) is 0.462. The summed E-state index contributed by atoms with van der Waals surface area (Å²) in [6.07, 6.45) is 7.65. The maximum Gasteiger partial charge on any atom is 0.260 e. The van der Waals surface area contributed by atoms with Gasteiger partial charge in [0.1, 0.15) is 0 Å². The van der Waals surface area contributed by atoms with Gasteiger partial charge in [0.25, 0.3) is 5.91 Å². The van der Waals surface area contributed by atoms with Crippen LogP contribution in [-0.2, 0) is 20.9 Å². The molecule has 3 aliphatic heterocycles. The van der Waals surface area contributed by atoms with E-state index in [1.54, 1.807) is 6.20 Å². The number of pyridine rings is 1. The van der Waals surface area contributed by atoms with Crippen molar-refractivity contribution in [3.8, 4) is 5.88 Å². The molecule has 1 saturated heterocycles. The van der Waals surface area contributed by atoms with Crippen LogP contribution in [0.2, 0.25) is 0 Å². The Bertz CT molecular complexity index is 991. The summed E-state index contributed by atoms with van der Waals surface area (Å²) in [7, 11) is 0. The number of hydrogen-bond acceptors (Lipinski definition) is 5. The second kappa shape index (κ2) is 9.43. The van der Waals surface area contributed by atoms with E-state index in [2.05, 4.69) is 30.1 Å². The average molecular weight is 435 g/mol. The Balaban J connectivity index is 1.36. The molecule has 1 fully saturated rings. The van der Waals surface area contributed by atoms with Gasteiger partial charge >= 0.3 is 0 Å². The molecular formula is C26H30N2O4. The molecule has 1 aliphatic carbocycles. The van der Waals surface area contributed by atoms with Gasteiger partial charge in [-0.15, -0.1) is 0 Å². The molecule has 168 valence electrons. The van der Waals surface area contributed by atoms with Gasteiger partial charge in [-0.2, -0.15) is 0 Å². The number of fused-ring (bicyclic) bond motifs is 5. The molecule has 0 spiro atoms. The number of nitrogens with zero attached hydrogens (tertiary/aromatic N) is 2. The number of benzene rings is 1. The first-order valence-electron chi connectivity index (χ1n) is 11.5. The minimum atomic E-state index is -0.106. The van der Waals surface area contributed by atoms with Gasteiger partial charge in [-0.1, -0.05) is 36.4 Å². The van der Waals surface area contributed by atoms with Gasteiger partial charge in [0, 0.05) is 18.3 Å². The smallest absolute Gasteiger partial charge is 0.260 e. The predicted octanol–water partition coefficient (Wildman–Crippen LogP) is 3.92. The van der Waals surface area contributed by atoms with E-state index in [4.69, 9.17) is 14.2 Å². The summed E-state index contributed by atoms with van der Waals surface area (Å²) in [5.74, 6) is 0.509. The molecule has 2 aromatic rings. The lowest BCUT2D eigenvalue weighted by Gasteiger charge is -2.30. The zero-order chi connectivity index (χ0) is 21.9. The summed E-state index contributed by atoms with van der Waals surface area (Å²) >= 11 is 0. The van der Waals surface area contributed by atoms with Crippen molar-refractivity contribution < 1.29 is 19.0 Å². The summed E-state index contributed by atoms with van der Waals surface area (Å²) in [5, 5.41) is 0. The predicted molar refractivity (Wildman–Crippen MR) is 121 cm³/mol. The second-order valence-corrected chi connectivity index (χ2v) is 8.83. The van der Waals surface area contributed by atoms with Gasteiger partial charge in [-0.25, -0.2) is 4.98 Å². The van der Waals surface area contributed by atoms with Gasteiger partial charge in [-0.05, 0) is 55.4 Å². The third-order valence-electron chi connectivity index (χ3n) is 6.75. The van der Waals surface area contributed by atoms with Crippen molar-refractivity contribution in [1.29, 1.82) is 0 Å². The van der Waals surface area contributed by atoms with Crippen molar-refractivity contribution in [3.63, 3.8) is 0 Å². The fourth-order valence-electron chi connectivity index (χ4n) is 4.97. The van der Waals surface area contributed by atoms with Crippen LogP contribution in [-0.4, -0.2) is 53.8 Å². The van der Waals surface area contributed by atoms with Crippen LogP contribution in [0.25, 0.3) is 5.57 Å². The van der Waals surface area contributed by atoms with Crippen LogP contribution in [0.4, 0.5) is 0 Å². The Morgan fingerprint density at radius 3 is 2.88 bits per heavy atom. The Morgan fingerprint density at radius 1 is 1.19 bits per heavy atom. The van der Waals surface area contributed by atoms with Crippen LogP contribution < -0.4 is 4.74 Å². The lowest BCUT2D eigenvalue weighted by molar-refractivity contribution is -0.138. The lowest BCUT2D eigenvalue weighted by atomic mass is 9.90. The molecule has 1 unspecified atom stereocenters. The van der Waals surface area contributed by atoms with Gasteiger partial charge in [0.05, 0.1) is 31.5 Å². The van der Waals surface area contributed by atoms with Gasteiger partial charge in [0.15, 0.2) is 6.61 Å². The molecule has 32 heavy (non-hydrogen) atoms. The van der Waals surface area contributed by atoms with Crippen LogP contribution in [0.5, 0.6) is 5.88 Å². The van der Waals surface area contributed by atoms with Crippen molar-refractivity contribution in [2.24, 2.45) is 0 Å². The van der Waals surface area contributed by atoms with Crippen LogP contribution in [0.15, 0.2) is 48.7 Å². The molecular weight excluding hydrogens is 404 g/mol. The number of ether oxygens (including phenoxy) is 3. The molecule has 0 N–H and O–H groups in total. The average Bonchev–Trinajstić information content (AvgIpc) is 3.24. The zero-order valence-corrected chi connectivity index (χ0v) is 18.5. The van der Waals surface area contributed by atoms with Crippen molar-refractivity contribution in [1.82, 2.24) is 9.88 Å². The van der Waals surface area contributed by atoms with E-state index >= 15 is 0 Å². The number of carbonyl (C=O) groups excluding carboxylic acids is 1. The van der Waals surface area contributed by atoms with Crippen LogP contribution in [0.3, 0.4) is 0 Å². The Kier molecular flexibility index (Phi) is 6.23. The highest BCUT2D eigenvalue weighted by Crippen LogP contribution is 2.36. The zero-order valence-electron chi connectivity index (χ0n) is 18.5. The third-order valence-corrected chi connectivity index (χ3v) is 6.75. The molecule has 1 aromatic heterocycles. The minimum Gasteiger partial charge on any atom is -0.467 e. The molecule has 1 aromatic carbocycles. The van der Waals surface area contributed by atoms with E-state index in [0.29, 0.717) is 25.6 Å². The van der Waals surface area contributed by atoms with E-state index in [1.807, 2.05) is 29.2 Å². The number of aromatic nitrogens is 1. The van der Waals surface area contributed by atoms with E-state index in [0.717, 1.165) is 42.4 Å². The van der Waals surface area contributed by atoms with Crippen LogP contribution >= 0.6 is 0 Å². The molecule has 0 radical (unpaired) electrons. The molecule has 6 heteroatoms. The topological polar surface area (TPSA) is 60.9 Å². The van der Waals surface area contributed by atoms with E-state index in [-0.39, 0.29) is 30.8 Å². The lowest BCUT2D eigenvalue weighted by Crippen LogP contribution is -2.46. The highest BCUT2D eigenvalue weighted by atomic mass is 16.5. The Morgan fingerprint density at radius 2 is 2.06 bits per heavy atom. The number of hydrogen-bond donors (Lipinski definition) is 0. The number of allylic oxidation sites excluding steroid dienone is 1. The first-order chi connectivity index (χ1) is 15.7. The van der Waals surface area contributed by atoms with Crippen molar-refractivity contribution in [3.05, 3.63) is 65.4 Å². The van der Waals surface area contributed by atoms with Crippen molar-refractivity contribution >= 4 is 11.5 Å². The summed E-state index contributed by atoms with van der Waals surface area (Å²) in [4.78, 5) is 19.5. The highest BCUT2D eigenvalue weighted by Gasteiger charge is 2.39. The number of aryl methyl sites for hydroxylation is 1. The standard InChI is InChI=1S/C26H30N2O4/c1-18-11-13-27-26-25(18)20-7-9-21(10-8-20)30-16-22-23(12-14-28(22)24(29)17-32-26)31-15-19-5-3-2-4-6-19/h2-7,11,13,21-23H,8-10,12,14-17H2,1H3/t21?,22-,23+/m0/s1. The van der Waals surface area contributed by atoms with E-state index in [1.165, 1.54) is 5.57 Å². The maximum absolute atomic E-state index is 13.1. The minimum absolute atomic E-state index is 0.0257. The van der Waals surface area contributed by atoms with Crippen molar-refractivity contribution in [2.45, 2.75) is 57.5 Å². The monoisotopic (exact) mass is 434 g/mol. The number of carbonyl (C=O) groups is 1. The highest BCUT2D eigenvalue weighted by molar-refractivity contribution is 5.79. The Hall–Kier alpha value is -2.70. The summed E-state index contributed by atoms with van der Waals surface area (Å²) < 4.78 is 18.6. The van der Waals surface area contributed by atoms with Crippen LogP contribution in [0, 0.1) is 6.92 Å². The third kappa shape index (κ3) is 4.43. The maximum atomic E-state index is 13.1. The molecule has 6 rings (SSSR count). The first-order valence-corrected chi connectivity index (χ1v) is 11.5. The number of amides is 1. The Labute approximate surface area is 189 Å². The molecule has 4 aliphatic rings. The molecule has 1 amide bonds. The fourth-order valence-corrected chi connectivity index (χ4v) is 4.97. The van der Waals surface area contributed by atoms with Gasteiger partial charge < -0.3 is 19.1 Å².